The maximum atomic E-state index is 15.0. The average molecular weight is 605 g/mol. The van der Waals surface area contributed by atoms with Gasteiger partial charge in [0.05, 0.1) is 16.6 Å². The van der Waals surface area contributed by atoms with Gasteiger partial charge in [0.25, 0.3) is 10.0 Å². The lowest BCUT2D eigenvalue weighted by molar-refractivity contribution is -0.121. The first-order valence-electron chi connectivity index (χ1n) is 12.5. The summed E-state index contributed by atoms with van der Waals surface area (Å²) in [6.07, 6.45) is -0.0936. The fourth-order valence-electron chi connectivity index (χ4n) is 4.43. The largest absolute Gasteiger partial charge is 0.352 e. The Morgan fingerprint density at radius 3 is 2.24 bits per heavy atom. The molecule has 0 fully saturated rings. The van der Waals surface area contributed by atoms with Crippen molar-refractivity contribution in [1.82, 2.24) is 5.32 Å². The Labute approximate surface area is 240 Å². The molecule has 0 spiro atoms. The molecule has 0 unspecified atom stereocenters. The number of nitrogens with zero attached hydrogens (tertiary/aromatic N) is 1. The smallest absolute Gasteiger partial charge is 0.264 e. The Bertz CT molecular complexity index is 1670. The number of nitrogens with one attached hydrogen (secondary N) is 1. The van der Waals surface area contributed by atoms with Crippen LogP contribution in [0.1, 0.15) is 36.1 Å². The van der Waals surface area contributed by atoms with Crippen LogP contribution in [-0.4, -0.2) is 14.3 Å². The van der Waals surface area contributed by atoms with Crippen LogP contribution in [0.2, 0.25) is 5.02 Å². The first-order valence-corrected chi connectivity index (χ1v) is 14.3. The summed E-state index contributed by atoms with van der Waals surface area (Å²) in [5, 5.41) is 2.94. The fraction of sp³-hybridized carbons (Fsp3) is 0.167. The number of amides is 1. The van der Waals surface area contributed by atoms with Crippen molar-refractivity contribution in [3.63, 3.8) is 0 Å². The Morgan fingerprint density at radius 1 is 0.878 bits per heavy atom. The van der Waals surface area contributed by atoms with Crippen molar-refractivity contribution in [2.45, 2.75) is 37.2 Å². The minimum atomic E-state index is -4.49. The molecule has 0 aliphatic rings. The van der Waals surface area contributed by atoms with Crippen molar-refractivity contribution in [2.75, 3.05) is 4.31 Å². The lowest BCUT2D eigenvalue weighted by Crippen LogP contribution is -2.35. The second-order valence-electron chi connectivity index (χ2n) is 9.28. The number of halogens is 5. The van der Waals surface area contributed by atoms with Gasteiger partial charge >= 0.3 is 0 Å². The summed E-state index contributed by atoms with van der Waals surface area (Å²) < 4.78 is 85.5. The Morgan fingerprint density at radius 2 is 1.54 bits per heavy atom. The second-order valence-corrected chi connectivity index (χ2v) is 11.5. The molecule has 0 radical (unpaired) electrons. The van der Waals surface area contributed by atoms with Crippen molar-refractivity contribution in [1.29, 1.82) is 0 Å². The van der Waals surface area contributed by atoms with E-state index in [9.17, 15) is 26.4 Å². The van der Waals surface area contributed by atoms with Gasteiger partial charge < -0.3 is 5.32 Å². The first-order chi connectivity index (χ1) is 19.5. The zero-order valence-corrected chi connectivity index (χ0v) is 23.3. The van der Waals surface area contributed by atoms with Crippen LogP contribution in [0.4, 0.5) is 23.2 Å². The highest BCUT2D eigenvalue weighted by molar-refractivity contribution is 7.92. The number of carbonyl (C=O) groups excluding carboxylic acids is 1. The van der Waals surface area contributed by atoms with E-state index in [-0.39, 0.29) is 34.9 Å². The molecular weight excluding hydrogens is 580 g/mol. The van der Waals surface area contributed by atoms with Gasteiger partial charge in [-0.15, -0.1) is 0 Å². The number of anilines is 1. The third-order valence-electron chi connectivity index (χ3n) is 6.42. The molecule has 0 saturated heterocycles. The molecular formula is C30H25ClF4N2O3S. The van der Waals surface area contributed by atoms with Gasteiger partial charge in [-0.25, -0.2) is 26.0 Å². The van der Waals surface area contributed by atoms with Crippen molar-refractivity contribution < 1.29 is 30.8 Å². The molecule has 0 aliphatic heterocycles. The van der Waals surface area contributed by atoms with Crippen LogP contribution >= 0.6 is 11.6 Å². The van der Waals surface area contributed by atoms with Crippen LogP contribution in [0.5, 0.6) is 0 Å². The summed E-state index contributed by atoms with van der Waals surface area (Å²) in [7, 11) is -4.49. The van der Waals surface area contributed by atoms with Crippen molar-refractivity contribution >= 4 is 33.2 Å². The Balaban J connectivity index is 1.66. The number of hydrogen-bond acceptors (Lipinski definition) is 3. The van der Waals surface area contributed by atoms with E-state index in [1.165, 1.54) is 61.5 Å². The summed E-state index contributed by atoms with van der Waals surface area (Å²) in [6.45, 7) is 1.54. The lowest BCUT2D eigenvalue weighted by Gasteiger charge is -2.32. The van der Waals surface area contributed by atoms with Gasteiger partial charge in [-0.2, -0.15) is 0 Å². The molecule has 11 heteroatoms. The molecule has 0 heterocycles. The van der Waals surface area contributed by atoms with Crippen molar-refractivity contribution in [3.05, 3.63) is 130 Å². The molecule has 5 nitrogen and oxygen atoms in total. The molecule has 4 aromatic carbocycles. The summed E-state index contributed by atoms with van der Waals surface area (Å²) in [5.74, 6) is -3.32. The van der Waals surface area contributed by atoms with E-state index in [0.717, 1.165) is 28.6 Å². The van der Waals surface area contributed by atoms with Gasteiger partial charge in [-0.05, 0) is 90.7 Å². The van der Waals surface area contributed by atoms with E-state index in [4.69, 9.17) is 11.6 Å². The molecule has 1 atom stereocenters. The molecule has 0 aromatic heterocycles. The number of benzene rings is 4. The van der Waals surface area contributed by atoms with E-state index in [1.54, 1.807) is 6.07 Å². The standard InChI is InChI=1S/C30H25ClF4N2O3S/c1-19(37(29-17-25(34)9-13-28(29)35)41(39,40)26-10-6-22(31)7-11-26)27-12-8-24(33)16-21(27)5-14-30(38)36-18-20-3-2-4-23(32)15-20/h2-4,6-13,15-17,19H,5,14,18H2,1H3,(H,36,38)/t19-/m1/s1. The number of sulfonamides is 1. The third kappa shape index (κ3) is 7.25. The maximum absolute atomic E-state index is 15.0. The number of rotatable bonds is 10. The van der Waals surface area contributed by atoms with E-state index in [1.807, 2.05) is 0 Å². The molecule has 4 rings (SSSR count). The quantitative estimate of drug-likeness (QED) is 0.196. The predicted octanol–water partition coefficient (Wildman–Crippen LogP) is 7.10. The first kappa shape index (κ1) is 30.1. The predicted molar refractivity (Wildman–Crippen MR) is 149 cm³/mol. The highest BCUT2D eigenvalue weighted by Crippen LogP contribution is 2.37. The monoisotopic (exact) mass is 604 g/mol. The number of hydrogen-bond donors (Lipinski definition) is 1. The molecule has 41 heavy (non-hydrogen) atoms. The SMILES string of the molecule is C[C@H](c1ccc(F)cc1CCC(=O)NCc1cccc(F)c1)N(c1cc(F)ccc1F)S(=O)(=O)c1ccc(Cl)cc1. The second kappa shape index (κ2) is 12.7. The van der Waals surface area contributed by atoms with E-state index < -0.39 is 50.9 Å². The van der Waals surface area contributed by atoms with Crippen molar-refractivity contribution in [2.24, 2.45) is 0 Å². The molecule has 0 bridgehead atoms. The zero-order chi connectivity index (χ0) is 29.7. The highest BCUT2D eigenvalue weighted by atomic mass is 35.5. The van der Waals surface area contributed by atoms with Crippen LogP contribution in [0.3, 0.4) is 0 Å². The highest BCUT2D eigenvalue weighted by Gasteiger charge is 2.33. The summed E-state index contributed by atoms with van der Waals surface area (Å²) >= 11 is 5.92. The van der Waals surface area contributed by atoms with Crippen LogP contribution in [0.15, 0.2) is 89.8 Å². The Kier molecular flexibility index (Phi) is 9.35. The number of carbonyl (C=O) groups is 1. The lowest BCUT2D eigenvalue weighted by atomic mass is 9.97. The average Bonchev–Trinajstić information content (AvgIpc) is 2.93. The van der Waals surface area contributed by atoms with Gasteiger partial charge in [0.15, 0.2) is 0 Å². The van der Waals surface area contributed by atoms with Gasteiger partial charge in [0.1, 0.15) is 23.3 Å². The third-order valence-corrected chi connectivity index (χ3v) is 8.57. The topological polar surface area (TPSA) is 66.5 Å². The van der Waals surface area contributed by atoms with Gasteiger partial charge in [0, 0.05) is 24.1 Å². The van der Waals surface area contributed by atoms with Crippen LogP contribution in [0.25, 0.3) is 0 Å². The molecule has 0 aliphatic carbocycles. The molecule has 214 valence electrons. The Hall–Kier alpha value is -3.89. The van der Waals surface area contributed by atoms with Gasteiger partial charge in [-0.3, -0.25) is 9.10 Å². The van der Waals surface area contributed by atoms with Crippen molar-refractivity contribution in [3.8, 4) is 0 Å². The summed E-state index contributed by atoms with van der Waals surface area (Å²) in [4.78, 5) is 12.3. The van der Waals surface area contributed by atoms with Gasteiger partial charge in [0.2, 0.25) is 5.91 Å². The van der Waals surface area contributed by atoms with E-state index in [2.05, 4.69) is 5.32 Å². The van der Waals surface area contributed by atoms with Crippen LogP contribution in [-0.2, 0) is 27.8 Å². The molecule has 4 aromatic rings. The van der Waals surface area contributed by atoms with E-state index in [0.29, 0.717) is 11.1 Å². The normalized spacial score (nSPS) is 12.1. The zero-order valence-electron chi connectivity index (χ0n) is 21.8. The summed E-state index contributed by atoms with van der Waals surface area (Å²) in [5.41, 5.74) is 0.589. The van der Waals surface area contributed by atoms with Crippen LogP contribution < -0.4 is 9.62 Å². The fourth-order valence-corrected chi connectivity index (χ4v) is 6.19. The molecule has 1 N–H and O–H groups in total. The number of aryl methyl sites for hydroxylation is 1. The minimum Gasteiger partial charge on any atom is -0.352 e. The maximum Gasteiger partial charge on any atom is 0.264 e. The molecule has 0 saturated carbocycles. The molecule has 1 amide bonds. The van der Waals surface area contributed by atoms with Gasteiger partial charge in [-0.1, -0.05) is 29.8 Å². The summed E-state index contributed by atoms with van der Waals surface area (Å²) in [6, 6.07) is 15.8. The minimum absolute atomic E-state index is 0.00683. The van der Waals surface area contributed by atoms with Crippen LogP contribution in [0, 0.1) is 23.3 Å². The van der Waals surface area contributed by atoms with E-state index >= 15 is 4.39 Å².